The first-order chi connectivity index (χ1) is 7.36. The lowest BCUT2D eigenvalue weighted by molar-refractivity contribution is 0.284. The lowest BCUT2D eigenvalue weighted by atomic mass is 10.1. The Balaban J connectivity index is 1.98. The maximum absolute atomic E-state index is 4.13. The average Bonchev–Trinajstić information content (AvgIpc) is 2.50. The van der Waals surface area contributed by atoms with Crippen LogP contribution in [-0.2, 0) is 6.54 Å². The number of hydrogen-bond donors (Lipinski definition) is 1. The molecule has 0 spiro atoms. The van der Waals surface area contributed by atoms with Crippen LogP contribution in [0.1, 0.15) is 17.5 Å². The van der Waals surface area contributed by atoms with Gasteiger partial charge in [-0.2, -0.15) is 0 Å². The Labute approximate surface area is 91.5 Å². The summed E-state index contributed by atoms with van der Waals surface area (Å²) < 4.78 is 0. The lowest BCUT2D eigenvalue weighted by Gasteiger charge is -2.20. The van der Waals surface area contributed by atoms with Crippen LogP contribution < -0.4 is 5.32 Å². The second-order valence-electron chi connectivity index (χ2n) is 4.18. The monoisotopic (exact) mass is 205 g/mol. The van der Waals surface area contributed by atoms with E-state index in [0.717, 1.165) is 26.2 Å². The Morgan fingerprint density at radius 2 is 2.33 bits per heavy atom. The number of nitrogens with zero attached hydrogens (tertiary/aromatic N) is 2. The van der Waals surface area contributed by atoms with Gasteiger partial charge in [0.2, 0.25) is 0 Å². The third-order valence-corrected chi connectivity index (χ3v) is 2.96. The Hall–Kier alpha value is -0.930. The molecule has 1 aliphatic heterocycles. The maximum Gasteiger partial charge on any atom is 0.0300 e. The van der Waals surface area contributed by atoms with Gasteiger partial charge in [0.15, 0.2) is 0 Å². The fraction of sp³-hybridized carbons (Fsp3) is 0.583. The van der Waals surface area contributed by atoms with E-state index in [-0.39, 0.29) is 0 Å². The van der Waals surface area contributed by atoms with Crippen LogP contribution in [0, 0.1) is 6.92 Å². The van der Waals surface area contributed by atoms with Crippen molar-refractivity contribution in [3.8, 4) is 0 Å². The second kappa shape index (κ2) is 5.24. The minimum Gasteiger partial charge on any atom is -0.315 e. The van der Waals surface area contributed by atoms with Crippen molar-refractivity contribution in [1.82, 2.24) is 15.2 Å². The largest absolute Gasteiger partial charge is 0.315 e. The predicted molar refractivity (Wildman–Crippen MR) is 61.7 cm³/mol. The third-order valence-electron chi connectivity index (χ3n) is 2.96. The Morgan fingerprint density at radius 1 is 1.40 bits per heavy atom. The summed E-state index contributed by atoms with van der Waals surface area (Å²) in [7, 11) is 0. The zero-order valence-corrected chi connectivity index (χ0v) is 9.37. The summed E-state index contributed by atoms with van der Waals surface area (Å²) in [4.78, 5) is 6.64. The van der Waals surface area contributed by atoms with E-state index in [0.29, 0.717) is 0 Å². The molecule has 2 rings (SSSR count). The molecule has 0 radical (unpaired) electrons. The number of pyridine rings is 1. The van der Waals surface area contributed by atoms with Crippen LogP contribution in [0.25, 0.3) is 0 Å². The van der Waals surface area contributed by atoms with Crippen molar-refractivity contribution in [2.75, 3.05) is 26.2 Å². The van der Waals surface area contributed by atoms with Crippen molar-refractivity contribution in [1.29, 1.82) is 0 Å². The molecule has 1 saturated heterocycles. The van der Waals surface area contributed by atoms with Crippen molar-refractivity contribution >= 4 is 0 Å². The number of rotatable bonds is 2. The van der Waals surface area contributed by atoms with Gasteiger partial charge in [0, 0.05) is 32.0 Å². The van der Waals surface area contributed by atoms with E-state index in [1.165, 1.54) is 24.1 Å². The van der Waals surface area contributed by atoms with E-state index in [4.69, 9.17) is 0 Å². The van der Waals surface area contributed by atoms with Gasteiger partial charge in [0.25, 0.3) is 0 Å². The summed E-state index contributed by atoms with van der Waals surface area (Å²) in [5, 5.41) is 3.42. The highest BCUT2D eigenvalue weighted by Crippen LogP contribution is 2.09. The molecule has 1 aromatic rings. The van der Waals surface area contributed by atoms with E-state index in [2.05, 4.69) is 28.2 Å². The first-order valence-electron chi connectivity index (χ1n) is 5.69. The van der Waals surface area contributed by atoms with E-state index >= 15 is 0 Å². The van der Waals surface area contributed by atoms with Gasteiger partial charge in [-0.25, -0.2) is 0 Å². The van der Waals surface area contributed by atoms with Crippen molar-refractivity contribution in [2.24, 2.45) is 0 Å². The molecule has 82 valence electrons. The van der Waals surface area contributed by atoms with Crippen LogP contribution in [-0.4, -0.2) is 36.1 Å². The van der Waals surface area contributed by atoms with Crippen LogP contribution in [0.3, 0.4) is 0 Å². The highest BCUT2D eigenvalue weighted by molar-refractivity contribution is 5.21. The van der Waals surface area contributed by atoms with Crippen molar-refractivity contribution in [3.63, 3.8) is 0 Å². The molecule has 1 fully saturated rings. The van der Waals surface area contributed by atoms with E-state index in [1.54, 1.807) is 0 Å². The van der Waals surface area contributed by atoms with Gasteiger partial charge >= 0.3 is 0 Å². The average molecular weight is 205 g/mol. The van der Waals surface area contributed by atoms with Gasteiger partial charge in [-0.3, -0.25) is 9.88 Å². The highest BCUT2D eigenvalue weighted by atomic mass is 15.1. The number of aromatic nitrogens is 1. The molecular formula is C12H19N3. The van der Waals surface area contributed by atoms with Crippen molar-refractivity contribution in [3.05, 3.63) is 29.6 Å². The molecule has 1 N–H and O–H groups in total. The van der Waals surface area contributed by atoms with E-state index in [1.807, 2.05) is 12.4 Å². The highest BCUT2D eigenvalue weighted by Gasteiger charge is 2.09. The molecule has 0 saturated carbocycles. The Kier molecular flexibility index (Phi) is 3.69. The summed E-state index contributed by atoms with van der Waals surface area (Å²) >= 11 is 0. The zero-order valence-electron chi connectivity index (χ0n) is 9.37. The molecule has 2 heterocycles. The zero-order chi connectivity index (χ0) is 10.5. The molecule has 0 bridgehead atoms. The second-order valence-corrected chi connectivity index (χ2v) is 4.18. The molecule has 3 nitrogen and oxygen atoms in total. The summed E-state index contributed by atoms with van der Waals surface area (Å²) in [5.74, 6) is 0. The van der Waals surface area contributed by atoms with Gasteiger partial charge in [0.1, 0.15) is 0 Å². The maximum atomic E-state index is 4.13. The van der Waals surface area contributed by atoms with Gasteiger partial charge in [-0.15, -0.1) is 0 Å². The van der Waals surface area contributed by atoms with Gasteiger partial charge < -0.3 is 5.32 Å². The first kappa shape index (κ1) is 10.6. The Bertz CT molecular complexity index is 303. The minimum absolute atomic E-state index is 1.07. The molecule has 15 heavy (non-hydrogen) atoms. The van der Waals surface area contributed by atoms with Crippen LogP contribution >= 0.6 is 0 Å². The minimum atomic E-state index is 1.07. The SMILES string of the molecule is Cc1cnccc1CN1CCCNCC1. The van der Waals surface area contributed by atoms with Crippen molar-refractivity contribution < 1.29 is 0 Å². The van der Waals surface area contributed by atoms with Crippen LogP contribution in [0.2, 0.25) is 0 Å². The standard InChI is InChI=1S/C12H19N3/c1-11-9-14-5-3-12(11)10-15-7-2-4-13-6-8-15/h3,5,9,13H,2,4,6-8,10H2,1H3. The fourth-order valence-electron chi connectivity index (χ4n) is 1.98. The number of nitrogens with one attached hydrogen (secondary N) is 1. The summed E-state index contributed by atoms with van der Waals surface area (Å²) in [5.41, 5.74) is 2.71. The van der Waals surface area contributed by atoms with Gasteiger partial charge in [-0.1, -0.05) is 0 Å². The molecule has 0 aliphatic carbocycles. The van der Waals surface area contributed by atoms with Gasteiger partial charge in [-0.05, 0) is 43.6 Å². The molecule has 0 amide bonds. The van der Waals surface area contributed by atoms with Gasteiger partial charge in [0.05, 0.1) is 0 Å². The molecule has 0 unspecified atom stereocenters. The van der Waals surface area contributed by atoms with Crippen LogP contribution in [0.4, 0.5) is 0 Å². The number of aryl methyl sites for hydroxylation is 1. The topological polar surface area (TPSA) is 28.2 Å². The predicted octanol–water partition coefficient (Wildman–Crippen LogP) is 1.19. The summed E-state index contributed by atoms with van der Waals surface area (Å²) in [6, 6.07) is 2.13. The van der Waals surface area contributed by atoms with E-state index in [9.17, 15) is 0 Å². The third kappa shape index (κ3) is 3.01. The molecule has 1 aliphatic rings. The summed E-state index contributed by atoms with van der Waals surface area (Å²) in [6.45, 7) is 7.83. The molecule has 0 atom stereocenters. The molecule has 0 aromatic carbocycles. The van der Waals surface area contributed by atoms with Crippen LogP contribution in [0.15, 0.2) is 18.5 Å². The number of hydrogen-bond acceptors (Lipinski definition) is 3. The fourth-order valence-corrected chi connectivity index (χ4v) is 1.98. The van der Waals surface area contributed by atoms with Crippen LogP contribution in [0.5, 0.6) is 0 Å². The lowest BCUT2D eigenvalue weighted by Crippen LogP contribution is -2.27. The molecule has 1 aromatic heterocycles. The molecular weight excluding hydrogens is 186 g/mol. The van der Waals surface area contributed by atoms with E-state index < -0.39 is 0 Å². The molecule has 3 heteroatoms. The van der Waals surface area contributed by atoms with Crippen molar-refractivity contribution in [2.45, 2.75) is 19.9 Å². The Morgan fingerprint density at radius 3 is 3.20 bits per heavy atom. The quantitative estimate of drug-likeness (QED) is 0.786. The normalized spacial score (nSPS) is 18.7. The summed E-state index contributed by atoms with van der Waals surface area (Å²) in [6.07, 6.45) is 5.09. The first-order valence-corrected chi connectivity index (χ1v) is 5.69. The smallest absolute Gasteiger partial charge is 0.0300 e.